The Labute approximate surface area is 157 Å². The minimum absolute atomic E-state index is 0.247. The molecule has 1 aromatic carbocycles. The summed E-state index contributed by atoms with van der Waals surface area (Å²) in [6.07, 6.45) is 7.43. The molecule has 0 N–H and O–H groups in total. The second-order valence-electron chi connectivity index (χ2n) is 8.45. The highest BCUT2D eigenvalue weighted by Gasteiger charge is 2.38. The summed E-state index contributed by atoms with van der Waals surface area (Å²) in [6.45, 7) is 5.07. The van der Waals surface area contributed by atoms with E-state index in [1.165, 1.54) is 31.2 Å². The number of piperidine rings is 1. The van der Waals surface area contributed by atoms with Crippen molar-refractivity contribution in [2.75, 3.05) is 33.3 Å². The molecule has 3 fully saturated rings. The van der Waals surface area contributed by atoms with Gasteiger partial charge in [0, 0.05) is 25.6 Å². The van der Waals surface area contributed by atoms with Gasteiger partial charge in [0.2, 0.25) is 5.91 Å². The monoisotopic (exact) mass is 356 g/mol. The quantitative estimate of drug-likeness (QED) is 0.827. The van der Waals surface area contributed by atoms with E-state index in [-0.39, 0.29) is 5.92 Å². The molecule has 0 bridgehead atoms. The van der Waals surface area contributed by atoms with Crippen LogP contribution in [0, 0.1) is 17.8 Å². The van der Waals surface area contributed by atoms with Crippen molar-refractivity contribution in [1.29, 1.82) is 0 Å². The van der Waals surface area contributed by atoms with Gasteiger partial charge in [0.15, 0.2) is 0 Å². The van der Waals surface area contributed by atoms with Gasteiger partial charge >= 0.3 is 0 Å². The molecule has 1 aromatic rings. The van der Waals surface area contributed by atoms with Gasteiger partial charge in [-0.05, 0) is 68.3 Å². The largest absolute Gasteiger partial charge is 0.497 e. The Kier molecular flexibility index (Phi) is 5.49. The average Bonchev–Trinajstić information content (AvgIpc) is 3.12. The van der Waals surface area contributed by atoms with Crippen LogP contribution >= 0.6 is 0 Å². The molecule has 26 heavy (non-hydrogen) atoms. The summed E-state index contributed by atoms with van der Waals surface area (Å²) in [7, 11) is 1.71. The molecule has 2 unspecified atom stereocenters. The number of hydrogen-bond donors (Lipinski definition) is 0. The summed E-state index contributed by atoms with van der Waals surface area (Å²) in [5, 5.41) is 0. The fourth-order valence-electron chi connectivity index (χ4n) is 5.21. The number of hydrogen-bond acceptors (Lipinski definition) is 3. The van der Waals surface area contributed by atoms with E-state index in [9.17, 15) is 4.79 Å². The van der Waals surface area contributed by atoms with E-state index in [1.807, 2.05) is 6.07 Å². The number of carbonyl (C=O) groups excluding carboxylic acids is 1. The zero-order chi connectivity index (χ0) is 17.9. The maximum Gasteiger partial charge on any atom is 0.225 e. The first-order valence-corrected chi connectivity index (χ1v) is 10.4. The van der Waals surface area contributed by atoms with Gasteiger partial charge in [-0.25, -0.2) is 0 Å². The first-order valence-electron chi connectivity index (χ1n) is 10.4. The Morgan fingerprint density at radius 2 is 1.77 bits per heavy atom. The standard InChI is InChI=1S/C22H32N2O2/c1-26-21-8-4-5-17(13-21)14-23-11-9-18(10-12-23)22(25)24-15-19-6-2-3-7-20(19)16-24/h4-5,8,13,18-20H,2-3,6-7,9-12,14-16H2,1H3. The summed E-state index contributed by atoms with van der Waals surface area (Å²) < 4.78 is 5.32. The third kappa shape index (κ3) is 3.90. The predicted octanol–water partition coefficient (Wildman–Crippen LogP) is 3.56. The van der Waals surface area contributed by atoms with Gasteiger partial charge in [0.1, 0.15) is 5.75 Å². The summed E-state index contributed by atoms with van der Waals surface area (Å²) in [6, 6.07) is 8.31. The van der Waals surface area contributed by atoms with Crippen molar-refractivity contribution in [3.05, 3.63) is 29.8 Å². The maximum atomic E-state index is 13.0. The van der Waals surface area contributed by atoms with Crippen molar-refractivity contribution in [1.82, 2.24) is 9.80 Å². The third-order valence-electron chi connectivity index (χ3n) is 6.77. The summed E-state index contributed by atoms with van der Waals surface area (Å²) in [5.41, 5.74) is 1.29. The van der Waals surface area contributed by atoms with Gasteiger partial charge in [-0.3, -0.25) is 9.69 Å². The lowest BCUT2D eigenvalue weighted by Crippen LogP contribution is -2.41. The van der Waals surface area contributed by atoms with E-state index in [0.29, 0.717) is 5.91 Å². The lowest BCUT2D eigenvalue weighted by atomic mass is 9.82. The van der Waals surface area contributed by atoms with Gasteiger partial charge in [-0.2, -0.15) is 0 Å². The van der Waals surface area contributed by atoms with E-state index in [1.54, 1.807) is 7.11 Å². The third-order valence-corrected chi connectivity index (χ3v) is 6.77. The smallest absolute Gasteiger partial charge is 0.225 e. The SMILES string of the molecule is COc1cccc(CN2CCC(C(=O)N3CC4CCCCC4C3)CC2)c1. The van der Waals surface area contributed by atoms with Crippen LogP contribution in [0.5, 0.6) is 5.75 Å². The molecule has 142 valence electrons. The van der Waals surface area contributed by atoms with Crippen molar-refractivity contribution in [2.24, 2.45) is 17.8 Å². The molecule has 0 radical (unpaired) electrons. The zero-order valence-electron chi connectivity index (χ0n) is 16.0. The van der Waals surface area contributed by atoms with Gasteiger partial charge in [-0.15, -0.1) is 0 Å². The molecule has 3 aliphatic rings. The Morgan fingerprint density at radius 3 is 2.42 bits per heavy atom. The molecular weight excluding hydrogens is 324 g/mol. The molecule has 1 aliphatic carbocycles. The van der Waals surface area contributed by atoms with Crippen molar-refractivity contribution in [2.45, 2.75) is 45.1 Å². The molecule has 2 heterocycles. The Bertz CT molecular complexity index is 610. The molecule has 4 nitrogen and oxygen atoms in total. The normalized spacial score (nSPS) is 27.3. The molecule has 2 atom stereocenters. The van der Waals surface area contributed by atoms with E-state index in [4.69, 9.17) is 4.74 Å². The van der Waals surface area contributed by atoms with E-state index in [2.05, 4.69) is 28.0 Å². The Morgan fingerprint density at radius 1 is 1.08 bits per heavy atom. The lowest BCUT2D eigenvalue weighted by Gasteiger charge is -2.33. The van der Waals surface area contributed by atoms with Crippen LogP contribution in [0.25, 0.3) is 0 Å². The molecule has 4 heteroatoms. The average molecular weight is 357 g/mol. The number of fused-ring (bicyclic) bond motifs is 1. The molecule has 2 saturated heterocycles. The van der Waals surface area contributed by atoms with Crippen LogP contribution in [0.3, 0.4) is 0 Å². The molecular formula is C22H32N2O2. The van der Waals surface area contributed by atoms with Crippen molar-refractivity contribution in [3.8, 4) is 5.75 Å². The van der Waals surface area contributed by atoms with Crippen molar-refractivity contribution in [3.63, 3.8) is 0 Å². The van der Waals surface area contributed by atoms with E-state index in [0.717, 1.165) is 63.2 Å². The fourth-order valence-corrected chi connectivity index (χ4v) is 5.21. The summed E-state index contributed by atoms with van der Waals surface area (Å²) in [5.74, 6) is 3.20. The van der Waals surface area contributed by atoms with Gasteiger partial charge < -0.3 is 9.64 Å². The van der Waals surface area contributed by atoms with Crippen LogP contribution in [0.15, 0.2) is 24.3 Å². The molecule has 0 spiro atoms. The molecule has 0 aromatic heterocycles. The lowest BCUT2D eigenvalue weighted by molar-refractivity contribution is -0.136. The number of methoxy groups -OCH3 is 1. The minimum Gasteiger partial charge on any atom is -0.497 e. The number of likely N-dealkylation sites (tertiary alicyclic amines) is 2. The number of rotatable bonds is 4. The van der Waals surface area contributed by atoms with Gasteiger partial charge in [0.25, 0.3) is 0 Å². The van der Waals surface area contributed by atoms with Crippen molar-refractivity contribution < 1.29 is 9.53 Å². The number of amides is 1. The van der Waals surface area contributed by atoms with Crippen LogP contribution in [-0.4, -0.2) is 49.0 Å². The summed E-state index contributed by atoms with van der Waals surface area (Å²) in [4.78, 5) is 17.7. The summed E-state index contributed by atoms with van der Waals surface area (Å²) >= 11 is 0. The topological polar surface area (TPSA) is 32.8 Å². The molecule has 1 amide bonds. The van der Waals surface area contributed by atoms with E-state index < -0.39 is 0 Å². The Hall–Kier alpha value is -1.55. The predicted molar refractivity (Wildman–Crippen MR) is 103 cm³/mol. The molecule has 2 aliphatic heterocycles. The van der Waals surface area contributed by atoms with Gasteiger partial charge in [0.05, 0.1) is 7.11 Å². The molecule has 1 saturated carbocycles. The fraction of sp³-hybridized carbons (Fsp3) is 0.682. The molecule has 4 rings (SSSR count). The highest BCUT2D eigenvalue weighted by Crippen LogP contribution is 2.37. The Balaban J connectivity index is 1.27. The van der Waals surface area contributed by atoms with Crippen LogP contribution < -0.4 is 4.74 Å². The van der Waals surface area contributed by atoms with Crippen molar-refractivity contribution >= 4 is 5.91 Å². The maximum absolute atomic E-state index is 13.0. The first-order chi connectivity index (χ1) is 12.7. The highest BCUT2D eigenvalue weighted by molar-refractivity contribution is 5.79. The number of ether oxygens (including phenoxy) is 1. The number of benzene rings is 1. The zero-order valence-corrected chi connectivity index (χ0v) is 16.0. The second-order valence-corrected chi connectivity index (χ2v) is 8.45. The van der Waals surface area contributed by atoms with Gasteiger partial charge in [-0.1, -0.05) is 25.0 Å². The highest BCUT2D eigenvalue weighted by atomic mass is 16.5. The van der Waals surface area contributed by atoms with Crippen LogP contribution in [0.1, 0.15) is 44.1 Å². The second kappa shape index (κ2) is 7.99. The van der Waals surface area contributed by atoms with Crippen LogP contribution in [-0.2, 0) is 11.3 Å². The number of carbonyl (C=O) groups is 1. The van der Waals surface area contributed by atoms with Crippen LogP contribution in [0.4, 0.5) is 0 Å². The van der Waals surface area contributed by atoms with E-state index >= 15 is 0 Å². The minimum atomic E-state index is 0.247. The van der Waals surface area contributed by atoms with Crippen LogP contribution in [0.2, 0.25) is 0 Å². The number of nitrogens with zero attached hydrogens (tertiary/aromatic N) is 2. The first kappa shape index (κ1) is 17.8.